The Balaban J connectivity index is 2.35. The van der Waals surface area contributed by atoms with Crippen molar-refractivity contribution in [1.82, 2.24) is 4.98 Å². The minimum atomic E-state index is -0.851. The summed E-state index contributed by atoms with van der Waals surface area (Å²) in [5, 5.41) is 10.8. The highest BCUT2D eigenvalue weighted by atomic mass is 16.7. The van der Waals surface area contributed by atoms with Crippen LogP contribution in [0.2, 0.25) is 0 Å². The first kappa shape index (κ1) is 31.7. The minimum Gasteiger partial charge on any atom is -0.497 e. The molecule has 0 radical (unpaired) electrons. The number of anilines is 1. The maximum absolute atomic E-state index is 13.8. The Kier molecular flexibility index (Phi) is 9.52. The number of carbonyl (C=O) groups excluding carboxylic acids is 1. The van der Waals surface area contributed by atoms with Gasteiger partial charge in [0.15, 0.2) is 0 Å². The van der Waals surface area contributed by atoms with Crippen LogP contribution in [0.25, 0.3) is 10.9 Å². The van der Waals surface area contributed by atoms with Crippen LogP contribution >= 0.6 is 0 Å². The Morgan fingerprint density at radius 1 is 0.951 bits per heavy atom. The summed E-state index contributed by atoms with van der Waals surface area (Å²) in [6, 6.07) is 15.4. The van der Waals surface area contributed by atoms with Gasteiger partial charge in [-0.25, -0.2) is 9.78 Å². The van der Waals surface area contributed by atoms with Gasteiger partial charge in [0.05, 0.1) is 43.4 Å². The van der Waals surface area contributed by atoms with E-state index in [1.807, 2.05) is 78.8 Å². The molecule has 3 aromatic rings. The summed E-state index contributed by atoms with van der Waals surface area (Å²) < 4.78 is 28.1. The van der Waals surface area contributed by atoms with Crippen LogP contribution in [0.5, 0.6) is 11.5 Å². The van der Waals surface area contributed by atoms with E-state index < -0.39 is 22.7 Å². The normalized spacial score (nSPS) is 12.1. The van der Waals surface area contributed by atoms with E-state index in [4.69, 9.17) is 28.7 Å². The molecule has 0 fully saturated rings. The molecule has 0 N–H and O–H groups in total. The van der Waals surface area contributed by atoms with Crippen LogP contribution in [0.15, 0.2) is 42.5 Å². The number of hydrogen-bond acceptors (Lipinski definition) is 8. The van der Waals surface area contributed by atoms with Crippen molar-refractivity contribution in [2.24, 2.45) is 0 Å². The Labute approximate surface area is 242 Å². The first-order valence-corrected chi connectivity index (χ1v) is 13.4. The largest absolute Gasteiger partial charge is 0.497 e. The maximum atomic E-state index is 13.8. The predicted molar refractivity (Wildman–Crippen MR) is 158 cm³/mol. The second-order valence-corrected chi connectivity index (χ2v) is 11.8. The molecule has 0 atom stereocenters. The molecule has 0 unspecified atom stereocenters. The Hall–Kier alpha value is -3.87. The van der Waals surface area contributed by atoms with E-state index in [1.165, 1.54) is 4.90 Å². The zero-order valence-electron chi connectivity index (χ0n) is 25.7. The van der Waals surface area contributed by atoms with Gasteiger partial charge in [-0.05, 0) is 77.8 Å². The monoisotopic (exact) mass is 563 g/mol. The molecule has 1 heterocycles. The summed E-state index contributed by atoms with van der Waals surface area (Å²) in [6.07, 6.45) is -0.583. The van der Waals surface area contributed by atoms with Crippen molar-refractivity contribution in [1.29, 1.82) is 5.26 Å². The van der Waals surface area contributed by atoms with E-state index in [9.17, 15) is 10.1 Å². The van der Waals surface area contributed by atoms with Crippen molar-refractivity contribution in [2.75, 3.05) is 33.0 Å². The number of nitriles is 1. The van der Waals surface area contributed by atoms with E-state index in [2.05, 4.69) is 6.07 Å². The number of methoxy groups -OCH3 is 3. The second-order valence-electron chi connectivity index (χ2n) is 11.8. The number of ether oxygens (including phenoxy) is 5. The molecule has 0 saturated heterocycles. The smallest absolute Gasteiger partial charge is 0.416 e. The summed E-state index contributed by atoms with van der Waals surface area (Å²) in [5.41, 5.74) is 0.386. The number of hydrogen-bond donors (Lipinski definition) is 0. The number of rotatable bonds is 10. The fourth-order valence-electron chi connectivity index (χ4n) is 4.43. The molecule has 0 aliphatic heterocycles. The van der Waals surface area contributed by atoms with Gasteiger partial charge in [-0.3, -0.25) is 4.90 Å². The van der Waals surface area contributed by atoms with E-state index >= 15 is 0 Å². The quantitative estimate of drug-likeness (QED) is 0.247. The van der Waals surface area contributed by atoms with Gasteiger partial charge in [-0.2, -0.15) is 5.26 Å². The van der Waals surface area contributed by atoms with Crippen molar-refractivity contribution in [2.45, 2.75) is 71.6 Å². The molecule has 3 rings (SSSR count). The Morgan fingerprint density at radius 2 is 1.66 bits per heavy atom. The number of para-hydroxylation sites is 1. The molecule has 1 amide bonds. The minimum absolute atomic E-state index is 0.0638. The molecule has 41 heavy (non-hydrogen) atoms. The van der Waals surface area contributed by atoms with Crippen LogP contribution in [-0.4, -0.2) is 44.8 Å². The van der Waals surface area contributed by atoms with Crippen LogP contribution in [0.3, 0.4) is 0 Å². The summed E-state index contributed by atoms with van der Waals surface area (Å²) in [4.78, 5) is 20.3. The van der Waals surface area contributed by atoms with Crippen molar-refractivity contribution in [3.63, 3.8) is 0 Å². The first-order chi connectivity index (χ1) is 19.2. The van der Waals surface area contributed by atoms with E-state index in [-0.39, 0.29) is 13.3 Å². The van der Waals surface area contributed by atoms with Gasteiger partial charge in [0.25, 0.3) is 0 Å². The molecular weight excluding hydrogens is 522 g/mol. The number of aromatic nitrogens is 1. The zero-order chi connectivity index (χ0) is 30.6. The van der Waals surface area contributed by atoms with Gasteiger partial charge in [0.1, 0.15) is 29.7 Å². The summed E-state index contributed by atoms with van der Waals surface area (Å²) in [7, 11) is 4.70. The number of nitrogens with zero attached hydrogens (tertiary/aromatic N) is 3. The average Bonchev–Trinajstić information content (AvgIpc) is 2.92. The average molecular weight is 564 g/mol. The molecular formula is C32H41N3O6. The predicted octanol–water partition coefficient (Wildman–Crippen LogP) is 6.85. The highest BCUT2D eigenvalue weighted by molar-refractivity contribution is 5.93. The summed E-state index contributed by atoms with van der Waals surface area (Å²) >= 11 is 0. The fraction of sp³-hybridized carbons (Fsp3) is 0.469. The lowest BCUT2D eigenvalue weighted by Crippen LogP contribution is -2.37. The first-order valence-electron chi connectivity index (χ1n) is 13.4. The maximum Gasteiger partial charge on any atom is 0.416 e. The third-order valence-corrected chi connectivity index (χ3v) is 6.68. The third kappa shape index (κ3) is 7.26. The lowest BCUT2D eigenvalue weighted by atomic mass is 9.83. The molecule has 0 saturated carbocycles. The molecule has 0 aliphatic carbocycles. The van der Waals surface area contributed by atoms with Gasteiger partial charge >= 0.3 is 6.09 Å². The van der Waals surface area contributed by atoms with Gasteiger partial charge in [-0.1, -0.05) is 18.2 Å². The van der Waals surface area contributed by atoms with E-state index in [1.54, 1.807) is 33.5 Å². The number of fused-ring (bicyclic) bond motifs is 1. The summed E-state index contributed by atoms with van der Waals surface area (Å²) in [6.45, 7) is 13.1. The molecule has 0 spiro atoms. The number of carbonyl (C=O) groups is 1. The van der Waals surface area contributed by atoms with Crippen molar-refractivity contribution < 1.29 is 28.5 Å². The molecule has 2 aromatic carbocycles. The van der Waals surface area contributed by atoms with Gasteiger partial charge in [-0.15, -0.1) is 0 Å². The van der Waals surface area contributed by atoms with Crippen LogP contribution in [0.4, 0.5) is 10.6 Å². The van der Waals surface area contributed by atoms with Crippen LogP contribution in [-0.2, 0) is 31.8 Å². The third-order valence-electron chi connectivity index (χ3n) is 6.68. The van der Waals surface area contributed by atoms with Crippen molar-refractivity contribution >= 4 is 22.8 Å². The Morgan fingerprint density at radius 3 is 2.24 bits per heavy atom. The SMILES string of the molecule is COCOC(C)(C)c1cc(N(Cc2ccc(OC)cc2OC)C(=O)OC(C)(C)C)nc2c(C(C)(C)C#N)cccc12. The van der Waals surface area contributed by atoms with Crippen LogP contribution in [0.1, 0.15) is 65.2 Å². The highest BCUT2D eigenvalue weighted by Gasteiger charge is 2.32. The van der Waals surface area contributed by atoms with Crippen molar-refractivity contribution in [3.8, 4) is 17.6 Å². The van der Waals surface area contributed by atoms with Gasteiger partial charge < -0.3 is 23.7 Å². The number of benzene rings is 2. The fourth-order valence-corrected chi connectivity index (χ4v) is 4.43. The molecule has 220 valence electrons. The van der Waals surface area contributed by atoms with Gasteiger partial charge in [0.2, 0.25) is 0 Å². The van der Waals surface area contributed by atoms with Gasteiger partial charge in [0, 0.05) is 24.1 Å². The standard InChI is InChI=1S/C32H41N3O6/c1-30(2,3)41-29(36)35(18-21-14-15-22(38-9)16-26(21)39-10)27-17-25(32(6,7)40-20-37-8)23-12-11-13-24(28(23)34-27)31(4,5)19-33/h11-17H,18,20H2,1-10H3. The molecule has 9 nitrogen and oxygen atoms in total. The lowest BCUT2D eigenvalue weighted by molar-refractivity contribution is -0.117. The van der Waals surface area contributed by atoms with Crippen molar-refractivity contribution in [3.05, 3.63) is 59.2 Å². The summed E-state index contributed by atoms with van der Waals surface area (Å²) in [5.74, 6) is 1.52. The molecule has 0 bridgehead atoms. The van der Waals surface area contributed by atoms with Crippen LogP contribution in [0, 0.1) is 11.3 Å². The molecule has 9 heteroatoms. The molecule has 0 aliphatic rings. The zero-order valence-corrected chi connectivity index (χ0v) is 25.7. The lowest BCUT2D eigenvalue weighted by Gasteiger charge is -2.31. The van der Waals surface area contributed by atoms with E-state index in [0.29, 0.717) is 22.8 Å². The highest BCUT2D eigenvalue weighted by Crippen LogP contribution is 2.39. The Bertz CT molecular complexity index is 1440. The number of pyridine rings is 1. The van der Waals surface area contributed by atoms with E-state index in [0.717, 1.165) is 22.1 Å². The van der Waals surface area contributed by atoms with Crippen LogP contribution < -0.4 is 14.4 Å². The number of amides is 1. The second kappa shape index (κ2) is 12.3. The molecule has 1 aromatic heterocycles. The topological polar surface area (TPSA) is 103 Å².